The van der Waals surface area contributed by atoms with Crippen molar-refractivity contribution in [3.05, 3.63) is 62.9 Å². The van der Waals surface area contributed by atoms with E-state index in [0.717, 1.165) is 49.0 Å². The molecule has 1 amide bonds. The maximum absolute atomic E-state index is 12.6. The summed E-state index contributed by atoms with van der Waals surface area (Å²) in [6.45, 7) is 1.59. The first kappa shape index (κ1) is 20.1. The van der Waals surface area contributed by atoms with Crippen molar-refractivity contribution in [2.24, 2.45) is 12.1 Å². The topological polar surface area (TPSA) is 92.8 Å². The molecule has 2 aromatic carbocycles. The highest BCUT2D eigenvalue weighted by atomic mass is 32.1. The highest BCUT2D eigenvalue weighted by Crippen LogP contribution is 2.31. The van der Waals surface area contributed by atoms with Crippen molar-refractivity contribution in [3.63, 3.8) is 0 Å². The predicted octanol–water partition coefficient (Wildman–Crippen LogP) is 3.77. The summed E-state index contributed by atoms with van der Waals surface area (Å²) in [6, 6.07) is 12.5. The Morgan fingerprint density at radius 1 is 1.13 bits per heavy atom. The SMILES string of the molecule is Cn1/c(=N\NC(=O)c2ccc(N3CCCCCC3)c([N+](=O)[O-])c2)sc2ccccc21. The maximum Gasteiger partial charge on any atom is 0.293 e. The summed E-state index contributed by atoms with van der Waals surface area (Å²) in [5.74, 6) is -0.474. The summed E-state index contributed by atoms with van der Waals surface area (Å²) in [5, 5.41) is 15.9. The summed E-state index contributed by atoms with van der Waals surface area (Å²) < 4.78 is 2.95. The number of rotatable bonds is 4. The number of fused-ring (bicyclic) bond motifs is 1. The Morgan fingerprint density at radius 2 is 1.87 bits per heavy atom. The third-order valence-corrected chi connectivity index (χ3v) is 6.46. The molecule has 1 fully saturated rings. The van der Waals surface area contributed by atoms with Crippen LogP contribution in [0.2, 0.25) is 0 Å². The minimum Gasteiger partial charge on any atom is -0.366 e. The Hall–Kier alpha value is -3.20. The van der Waals surface area contributed by atoms with E-state index in [1.807, 2.05) is 40.8 Å². The van der Waals surface area contributed by atoms with E-state index < -0.39 is 10.8 Å². The number of nitro benzene ring substituents is 1. The second-order valence-electron chi connectivity index (χ2n) is 7.33. The van der Waals surface area contributed by atoms with Crippen molar-refractivity contribution in [2.45, 2.75) is 25.7 Å². The molecule has 0 unspecified atom stereocenters. The number of thiazole rings is 1. The standard InChI is InChI=1S/C21H23N5O3S/c1-24-17-8-4-5-9-19(17)30-21(24)23-22-20(27)15-10-11-16(18(14-15)26(28)29)25-12-6-2-3-7-13-25/h4-5,8-11,14H,2-3,6-7,12-13H2,1H3,(H,22,27)/b23-21+. The number of hydrogen-bond donors (Lipinski definition) is 1. The Bertz CT molecular complexity index is 1160. The van der Waals surface area contributed by atoms with Crippen molar-refractivity contribution < 1.29 is 9.72 Å². The van der Waals surface area contributed by atoms with Gasteiger partial charge in [-0.25, -0.2) is 5.43 Å². The third kappa shape index (κ3) is 4.06. The quantitative estimate of drug-likeness (QED) is 0.509. The van der Waals surface area contributed by atoms with E-state index in [0.29, 0.717) is 10.5 Å². The fraction of sp³-hybridized carbons (Fsp3) is 0.333. The Labute approximate surface area is 177 Å². The van der Waals surface area contributed by atoms with Gasteiger partial charge in [-0.3, -0.25) is 14.9 Å². The van der Waals surface area contributed by atoms with E-state index in [-0.39, 0.29) is 11.3 Å². The van der Waals surface area contributed by atoms with Crippen molar-refractivity contribution >= 4 is 38.8 Å². The van der Waals surface area contributed by atoms with Crippen LogP contribution in [0.5, 0.6) is 0 Å². The average Bonchev–Trinajstić information content (AvgIpc) is 2.92. The number of nitrogens with zero attached hydrogens (tertiary/aromatic N) is 4. The second-order valence-corrected chi connectivity index (χ2v) is 8.34. The normalized spacial score (nSPS) is 15.2. The van der Waals surface area contributed by atoms with E-state index in [9.17, 15) is 14.9 Å². The van der Waals surface area contributed by atoms with Crippen molar-refractivity contribution in [2.75, 3.05) is 18.0 Å². The summed E-state index contributed by atoms with van der Waals surface area (Å²) in [6.07, 6.45) is 4.32. The van der Waals surface area contributed by atoms with E-state index in [4.69, 9.17) is 0 Å². The molecule has 4 rings (SSSR count). The first-order valence-electron chi connectivity index (χ1n) is 9.96. The number of amides is 1. The number of aryl methyl sites for hydroxylation is 1. The molecule has 0 aliphatic carbocycles. The summed E-state index contributed by atoms with van der Waals surface area (Å²) in [7, 11) is 1.88. The minimum atomic E-state index is -0.474. The largest absolute Gasteiger partial charge is 0.366 e. The Kier molecular flexibility index (Phi) is 5.80. The zero-order chi connectivity index (χ0) is 21.1. The number of nitrogens with one attached hydrogen (secondary N) is 1. The molecule has 9 heteroatoms. The number of carbonyl (C=O) groups is 1. The van der Waals surface area contributed by atoms with Crippen molar-refractivity contribution in [1.82, 2.24) is 9.99 Å². The molecule has 156 valence electrons. The van der Waals surface area contributed by atoms with Crippen LogP contribution in [-0.2, 0) is 7.05 Å². The highest BCUT2D eigenvalue weighted by molar-refractivity contribution is 7.16. The average molecular weight is 426 g/mol. The van der Waals surface area contributed by atoms with Crippen LogP contribution in [0.3, 0.4) is 0 Å². The fourth-order valence-corrected chi connectivity index (χ4v) is 4.72. The molecule has 1 aliphatic heterocycles. The molecule has 0 bridgehead atoms. The molecule has 2 heterocycles. The van der Waals surface area contributed by atoms with Gasteiger partial charge in [0.25, 0.3) is 11.6 Å². The first-order chi connectivity index (χ1) is 14.5. The predicted molar refractivity (Wildman–Crippen MR) is 118 cm³/mol. The van der Waals surface area contributed by atoms with Gasteiger partial charge in [-0.1, -0.05) is 36.3 Å². The molecule has 1 saturated heterocycles. The van der Waals surface area contributed by atoms with Gasteiger partial charge in [0.15, 0.2) is 0 Å². The van der Waals surface area contributed by atoms with Gasteiger partial charge in [-0.15, -0.1) is 5.10 Å². The zero-order valence-electron chi connectivity index (χ0n) is 16.7. The number of benzene rings is 2. The number of nitro groups is 1. The van der Waals surface area contributed by atoms with Crippen molar-refractivity contribution in [1.29, 1.82) is 0 Å². The fourth-order valence-electron chi connectivity index (χ4n) is 3.74. The highest BCUT2D eigenvalue weighted by Gasteiger charge is 2.22. The van der Waals surface area contributed by atoms with Crippen LogP contribution < -0.4 is 15.1 Å². The minimum absolute atomic E-state index is 0.0445. The van der Waals surface area contributed by atoms with E-state index in [2.05, 4.69) is 10.5 Å². The van der Waals surface area contributed by atoms with Crippen LogP contribution in [-0.4, -0.2) is 28.5 Å². The maximum atomic E-state index is 12.6. The molecular weight excluding hydrogens is 402 g/mol. The monoisotopic (exact) mass is 425 g/mol. The molecular formula is C21H23N5O3S. The molecule has 0 spiro atoms. The second kappa shape index (κ2) is 8.66. The third-order valence-electron chi connectivity index (χ3n) is 5.35. The molecule has 8 nitrogen and oxygen atoms in total. The lowest BCUT2D eigenvalue weighted by Gasteiger charge is -2.22. The lowest BCUT2D eigenvalue weighted by molar-refractivity contribution is -0.384. The van der Waals surface area contributed by atoms with Gasteiger partial charge in [-0.05, 0) is 37.1 Å². The molecule has 30 heavy (non-hydrogen) atoms. The summed E-state index contributed by atoms with van der Waals surface area (Å²) in [5.41, 5.74) is 4.30. The molecule has 3 aromatic rings. The first-order valence-corrected chi connectivity index (χ1v) is 10.8. The number of anilines is 1. The Morgan fingerprint density at radius 3 is 2.57 bits per heavy atom. The summed E-state index contributed by atoms with van der Waals surface area (Å²) in [4.78, 5) is 26.6. The van der Waals surface area contributed by atoms with Crippen LogP contribution in [0.4, 0.5) is 11.4 Å². The number of carbonyl (C=O) groups excluding carboxylic acids is 1. The van der Waals surface area contributed by atoms with Gasteiger partial charge in [-0.2, -0.15) is 0 Å². The van der Waals surface area contributed by atoms with Crippen LogP contribution in [0, 0.1) is 10.1 Å². The van der Waals surface area contributed by atoms with Crippen molar-refractivity contribution in [3.8, 4) is 0 Å². The number of aromatic nitrogens is 1. The van der Waals surface area contributed by atoms with E-state index in [1.54, 1.807) is 12.1 Å². The molecule has 0 saturated carbocycles. The van der Waals surface area contributed by atoms with Gasteiger partial charge in [0.1, 0.15) is 5.69 Å². The van der Waals surface area contributed by atoms with E-state index >= 15 is 0 Å². The molecule has 1 aromatic heterocycles. The number of hydrogen-bond acceptors (Lipinski definition) is 6. The van der Waals surface area contributed by atoms with Gasteiger partial charge >= 0.3 is 0 Å². The van der Waals surface area contributed by atoms with Gasteiger partial charge in [0.2, 0.25) is 4.80 Å². The van der Waals surface area contributed by atoms with E-state index in [1.165, 1.54) is 17.4 Å². The Balaban J connectivity index is 1.60. The smallest absolute Gasteiger partial charge is 0.293 e. The molecule has 0 radical (unpaired) electrons. The van der Waals surface area contributed by atoms with Gasteiger partial charge in [0, 0.05) is 31.8 Å². The summed E-state index contributed by atoms with van der Waals surface area (Å²) >= 11 is 1.46. The molecule has 1 N–H and O–H groups in total. The lowest BCUT2D eigenvalue weighted by atomic mass is 10.1. The van der Waals surface area contributed by atoms with Gasteiger partial charge < -0.3 is 9.47 Å². The van der Waals surface area contributed by atoms with Crippen LogP contribution in [0.1, 0.15) is 36.0 Å². The number of para-hydroxylation sites is 1. The zero-order valence-corrected chi connectivity index (χ0v) is 17.5. The van der Waals surface area contributed by atoms with Crippen LogP contribution in [0.15, 0.2) is 47.6 Å². The van der Waals surface area contributed by atoms with Crippen LogP contribution >= 0.6 is 11.3 Å². The van der Waals surface area contributed by atoms with Gasteiger partial charge in [0.05, 0.1) is 15.1 Å². The molecule has 0 atom stereocenters. The lowest BCUT2D eigenvalue weighted by Crippen LogP contribution is -2.26. The molecule has 1 aliphatic rings. The van der Waals surface area contributed by atoms with Crippen LogP contribution in [0.25, 0.3) is 10.2 Å².